The Labute approximate surface area is 101 Å². The Hall–Kier alpha value is -1.61. The van der Waals surface area contributed by atoms with Gasteiger partial charge in [-0.15, -0.1) is 0 Å². The third kappa shape index (κ3) is 1.98. The van der Waals surface area contributed by atoms with E-state index in [0.717, 1.165) is 29.8 Å². The maximum atomic E-state index is 5.59. The van der Waals surface area contributed by atoms with Crippen molar-refractivity contribution in [3.05, 3.63) is 41.2 Å². The van der Waals surface area contributed by atoms with E-state index in [1.165, 1.54) is 24.2 Å². The number of hydrogen-bond donors (Lipinski definition) is 2. The van der Waals surface area contributed by atoms with Gasteiger partial charge in [0.05, 0.1) is 5.69 Å². The molecule has 1 aromatic heterocycles. The summed E-state index contributed by atoms with van der Waals surface area (Å²) in [5.41, 5.74) is 10.5. The highest BCUT2D eigenvalue weighted by Gasteiger charge is 2.14. The van der Waals surface area contributed by atoms with Crippen molar-refractivity contribution in [2.75, 3.05) is 0 Å². The highest BCUT2D eigenvalue weighted by atomic mass is 14.9. The van der Waals surface area contributed by atoms with Crippen molar-refractivity contribution in [1.29, 1.82) is 0 Å². The molecular weight excluding hydrogens is 210 g/mol. The Balaban J connectivity index is 1.94. The predicted molar refractivity (Wildman–Crippen MR) is 68.6 cm³/mol. The van der Waals surface area contributed by atoms with Crippen LogP contribution in [0.15, 0.2) is 24.3 Å². The van der Waals surface area contributed by atoms with E-state index in [9.17, 15) is 0 Å². The molecule has 0 amide bonds. The van der Waals surface area contributed by atoms with Crippen LogP contribution in [0.25, 0.3) is 11.4 Å². The van der Waals surface area contributed by atoms with Crippen LogP contribution in [0.1, 0.15) is 29.8 Å². The van der Waals surface area contributed by atoms with E-state index in [1.807, 2.05) is 0 Å². The summed E-state index contributed by atoms with van der Waals surface area (Å²) < 4.78 is 0. The minimum absolute atomic E-state index is 0.592. The Morgan fingerprint density at radius 1 is 1.12 bits per heavy atom. The van der Waals surface area contributed by atoms with Crippen LogP contribution >= 0.6 is 0 Å². The molecule has 3 nitrogen and oxygen atoms in total. The predicted octanol–water partition coefficient (Wildman–Crippen LogP) is 2.41. The SMILES string of the molecule is NCc1ccc(-c2nc3c([nH]2)CCCC3)cc1. The van der Waals surface area contributed by atoms with Crippen LogP contribution in [0.2, 0.25) is 0 Å². The zero-order chi connectivity index (χ0) is 11.7. The van der Waals surface area contributed by atoms with Crippen molar-refractivity contribution in [1.82, 2.24) is 9.97 Å². The van der Waals surface area contributed by atoms with Gasteiger partial charge in [0.15, 0.2) is 0 Å². The molecule has 1 aliphatic carbocycles. The summed E-state index contributed by atoms with van der Waals surface area (Å²) in [6.07, 6.45) is 4.81. The number of aryl methyl sites for hydroxylation is 2. The van der Waals surface area contributed by atoms with E-state index < -0.39 is 0 Å². The van der Waals surface area contributed by atoms with Crippen molar-refractivity contribution < 1.29 is 0 Å². The van der Waals surface area contributed by atoms with Gasteiger partial charge in [0.1, 0.15) is 5.82 Å². The second-order valence-corrected chi connectivity index (χ2v) is 4.62. The zero-order valence-electron chi connectivity index (χ0n) is 9.87. The molecule has 0 unspecified atom stereocenters. The van der Waals surface area contributed by atoms with Crippen LogP contribution in [0.5, 0.6) is 0 Å². The molecule has 17 heavy (non-hydrogen) atoms. The average molecular weight is 227 g/mol. The van der Waals surface area contributed by atoms with Gasteiger partial charge in [0.25, 0.3) is 0 Å². The van der Waals surface area contributed by atoms with Crippen LogP contribution < -0.4 is 5.73 Å². The van der Waals surface area contributed by atoms with Gasteiger partial charge in [-0.25, -0.2) is 4.98 Å². The summed E-state index contributed by atoms with van der Waals surface area (Å²) in [5.74, 6) is 1.00. The molecule has 88 valence electrons. The van der Waals surface area contributed by atoms with Crippen molar-refractivity contribution >= 4 is 0 Å². The number of hydrogen-bond acceptors (Lipinski definition) is 2. The van der Waals surface area contributed by atoms with Gasteiger partial charge in [-0.05, 0) is 31.2 Å². The summed E-state index contributed by atoms with van der Waals surface area (Å²) in [7, 11) is 0. The molecule has 0 radical (unpaired) electrons. The number of nitrogens with zero attached hydrogens (tertiary/aromatic N) is 1. The fourth-order valence-corrected chi connectivity index (χ4v) is 2.39. The zero-order valence-corrected chi connectivity index (χ0v) is 9.87. The van der Waals surface area contributed by atoms with Crippen molar-refractivity contribution in [2.45, 2.75) is 32.2 Å². The molecule has 0 spiro atoms. The first kappa shape index (κ1) is 10.5. The summed E-state index contributed by atoms with van der Waals surface area (Å²) in [5, 5.41) is 0. The topological polar surface area (TPSA) is 54.7 Å². The summed E-state index contributed by atoms with van der Waals surface area (Å²) >= 11 is 0. The molecule has 0 atom stereocenters. The van der Waals surface area contributed by atoms with Crippen LogP contribution in [0.3, 0.4) is 0 Å². The standard InChI is InChI=1S/C14H17N3/c15-9-10-5-7-11(8-6-10)14-16-12-3-1-2-4-13(12)17-14/h5-8H,1-4,9,15H2,(H,16,17). The summed E-state index contributed by atoms with van der Waals surface area (Å²) in [6.45, 7) is 0.592. The molecule has 0 aliphatic heterocycles. The Morgan fingerprint density at radius 2 is 1.88 bits per heavy atom. The minimum Gasteiger partial charge on any atom is -0.342 e. The molecule has 0 saturated heterocycles. The third-order valence-electron chi connectivity index (χ3n) is 3.42. The number of benzene rings is 1. The van der Waals surface area contributed by atoms with E-state index in [0.29, 0.717) is 6.54 Å². The van der Waals surface area contributed by atoms with Gasteiger partial charge in [0, 0.05) is 17.8 Å². The van der Waals surface area contributed by atoms with Gasteiger partial charge in [-0.1, -0.05) is 24.3 Å². The number of nitrogens with one attached hydrogen (secondary N) is 1. The van der Waals surface area contributed by atoms with Gasteiger partial charge in [-0.2, -0.15) is 0 Å². The lowest BCUT2D eigenvalue weighted by Gasteiger charge is -2.07. The second-order valence-electron chi connectivity index (χ2n) is 4.62. The maximum absolute atomic E-state index is 5.59. The van der Waals surface area contributed by atoms with E-state index in [4.69, 9.17) is 5.73 Å². The average Bonchev–Trinajstić information content (AvgIpc) is 2.82. The van der Waals surface area contributed by atoms with Crippen molar-refractivity contribution in [2.24, 2.45) is 5.73 Å². The highest BCUT2D eigenvalue weighted by molar-refractivity contribution is 5.56. The molecule has 0 fully saturated rings. The fourth-order valence-electron chi connectivity index (χ4n) is 2.39. The first-order chi connectivity index (χ1) is 8.36. The molecule has 3 N–H and O–H groups in total. The van der Waals surface area contributed by atoms with Crippen LogP contribution in [-0.2, 0) is 19.4 Å². The van der Waals surface area contributed by atoms with Gasteiger partial charge in [0.2, 0.25) is 0 Å². The largest absolute Gasteiger partial charge is 0.342 e. The Kier molecular flexibility index (Phi) is 2.69. The minimum atomic E-state index is 0.592. The van der Waals surface area contributed by atoms with E-state index in [-0.39, 0.29) is 0 Å². The first-order valence-electron chi connectivity index (χ1n) is 6.24. The lowest BCUT2D eigenvalue weighted by Crippen LogP contribution is -2.00. The van der Waals surface area contributed by atoms with Crippen molar-refractivity contribution in [3.8, 4) is 11.4 Å². The number of aromatic nitrogens is 2. The molecule has 3 heteroatoms. The summed E-state index contributed by atoms with van der Waals surface area (Å²) in [6, 6.07) is 8.31. The Morgan fingerprint density at radius 3 is 2.59 bits per heavy atom. The number of aromatic amines is 1. The molecule has 1 aromatic carbocycles. The number of imidazole rings is 1. The molecule has 2 aromatic rings. The number of fused-ring (bicyclic) bond motifs is 1. The molecule has 0 bridgehead atoms. The molecule has 0 saturated carbocycles. The second kappa shape index (κ2) is 4.34. The smallest absolute Gasteiger partial charge is 0.137 e. The lowest BCUT2D eigenvalue weighted by atomic mass is 10.0. The normalized spacial score (nSPS) is 14.6. The highest BCUT2D eigenvalue weighted by Crippen LogP contribution is 2.24. The monoisotopic (exact) mass is 227 g/mol. The van der Waals surface area contributed by atoms with E-state index in [2.05, 4.69) is 34.2 Å². The number of nitrogens with two attached hydrogens (primary N) is 1. The fraction of sp³-hybridized carbons (Fsp3) is 0.357. The summed E-state index contributed by atoms with van der Waals surface area (Å²) in [4.78, 5) is 8.13. The Bertz CT molecular complexity index is 487. The molecule has 1 heterocycles. The van der Waals surface area contributed by atoms with E-state index >= 15 is 0 Å². The number of H-pyrrole nitrogens is 1. The van der Waals surface area contributed by atoms with E-state index in [1.54, 1.807) is 0 Å². The third-order valence-corrected chi connectivity index (χ3v) is 3.42. The quantitative estimate of drug-likeness (QED) is 0.827. The van der Waals surface area contributed by atoms with Crippen LogP contribution in [0, 0.1) is 0 Å². The maximum Gasteiger partial charge on any atom is 0.137 e. The molecule has 3 rings (SSSR count). The molecule has 1 aliphatic rings. The number of rotatable bonds is 2. The lowest BCUT2D eigenvalue weighted by molar-refractivity contribution is 0.667. The van der Waals surface area contributed by atoms with Crippen molar-refractivity contribution in [3.63, 3.8) is 0 Å². The van der Waals surface area contributed by atoms with Gasteiger partial charge < -0.3 is 10.7 Å². The van der Waals surface area contributed by atoms with Gasteiger partial charge in [-0.3, -0.25) is 0 Å². The molecular formula is C14H17N3. The van der Waals surface area contributed by atoms with Gasteiger partial charge >= 0.3 is 0 Å². The van der Waals surface area contributed by atoms with Crippen LogP contribution in [-0.4, -0.2) is 9.97 Å². The first-order valence-corrected chi connectivity index (χ1v) is 6.24. The van der Waals surface area contributed by atoms with Crippen LogP contribution in [0.4, 0.5) is 0 Å².